The zero-order valence-electron chi connectivity index (χ0n) is 16.0. The van der Waals surface area contributed by atoms with Crippen molar-refractivity contribution in [3.63, 3.8) is 0 Å². The smallest absolute Gasteiger partial charge is 0.282 e. The summed E-state index contributed by atoms with van der Waals surface area (Å²) in [6.07, 6.45) is 0.608. The van der Waals surface area contributed by atoms with Gasteiger partial charge < -0.3 is 5.32 Å². The van der Waals surface area contributed by atoms with Crippen molar-refractivity contribution in [2.24, 2.45) is 0 Å². The summed E-state index contributed by atoms with van der Waals surface area (Å²) in [5, 5.41) is 3.16. The first-order chi connectivity index (χ1) is 13.8. The highest BCUT2D eigenvalue weighted by atomic mass is 35.5. The number of anilines is 1. The van der Waals surface area contributed by atoms with Crippen molar-refractivity contribution in [1.29, 1.82) is 0 Å². The number of carbonyl (C=O) groups is 2. The topological polar surface area (TPSA) is 86.8 Å². The zero-order chi connectivity index (χ0) is 21.0. The van der Waals surface area contributed by atoms with Crippen LogP contribution in [-0.4, -0.2) is 48.4 Å². The Morgan fingerprint density at radius 1 is 1.07 bits per heavy atom. The summed E-state index contributed by atoms with van der Waals surface area (Å²) in [5.74, 6) is -0.580. The molecule has 0 atom stereocenters. The molecule has 0 aliphatic carbocycles. The number of halogens is 1. The van der Waals surface area contributed by atoms with Crippen LogP contribution in [0.3, 0.4) is 0 Å². The molecule has 0 saturated carbocycles. The number of hydrogen-bond acceptors (Lipinski definition) is 4. The lowest BCUT2D eigenvalue weighted by Crippen LogP contribution is -2.51. The van der Waals surface area contributed by atoms with Crippen LogP contribution in [0.1, 0.15) is 29.3 Å². The van der Waals surface area contributed by atoms with Crippen LogP contribution < -0.4 is 5.32 Å². The Hall–Kier alpha value is -2.26. The van der Waals surface area contributed by atoms with Crippen LogP contribution in [-0.2, 0) is 21.5 Å². The maximum absolute atomic E-state index is 12.9. The normalized spacial score (nSPS) is 17.0. The molecular weight excluding hydrogens is 414 g/mol. The van der Waals surface area contributed by atoms with Crippen LogP contribution in [0, 0.1) is 0 Å². The number of nitrogens with zero attached hydrogens (tertiary/aromatic N) is 2. The van der Waals surface area contributed by atoms with Crippen LogP contribution in [0.15, 0.2) is 48.5 Å². The maximum atomic E-state index is 12.9. The summed E-state index contributed by atoms with van der Waals surface area (Å²) in [7, 11) is -3.80. The zero-order valence-corrected chi connectivity index (χ0v) is 17.5. The molecule has 29 heavy (non-hydrogen) atoms. The monoisotopic (exact) mass is 435 g/mol. The average molecular weight is 436 g/mol. The molecule has 1 heterocycles. The first-order valence-electron chi connectivity index (χ1n) is 9.17. The fraction of sp³-hybridized carbons (Fsp3) is 0.300. The van der Waals surface area contributed by atoms with Crippen molar-refractivity contribution in [2.75, 3.05) is 25.0 Å². The van der Waals surface area contributed by atoms with E-state index in [0.717, 1.165) is 4.31 Å². The molecule has 1 N–H and O–H groups in total. The molecule has 9 heteroatoms. The first kappa shape index (κ1) is 21.4. The Morgan fingerprint density at radius 2 is 1.79 bits per heavy atom. The highest BCUT2D eigenvalue weighted by molar-refractivity contribution is 7.86. The number of nitrogens with one attached hydrogen (secondary N) is 1. The summed E-state index contributed by atoms with van der Waals surface area (Å²) >= 11 is 6.16. The van der Waals surface area contributed by atoms with Gasteiger partial charge in [-0.05, 0) is 37.1 Å². The minimum atomic E-state index is -3.80. The van der Waals surface area contributed by atoms with Crippen molar-refractivity contribution < 1.29 is 18.0 Å². The van der Waals surface area contributed by atoms with Crippen molar-refractivity contribution in [3.8, 4) is 0 Å². The highest BCUT2D eigenvalue weighted by Gasteiger charge is 2.35. The fourth-order valence-corrected chi connectivity index (χ4v) is 4.96. The first-order valence-corrected chi connectivity index (χ1v) is 10.9. The van der Waals surface area contributed by atoms with Gasteiger partial charge >= 0.3 is 0 Å². The predicted octanol–water partition coefficient (Wildman–Crippen LogP) is 2.93. The molecule has 2 aromatic rings. The number of hydrogen-bond donors (Lipinski definition) is 1. The second-order valence-corrected chi connectivity index (χ2v) is 9.14. The minimum Gasteiger partial charge on any atom is -0.325 e. The number of benzene rings is 2. The van der Waals surface area contributed by atoms with Crippen molar-refractivity contribution in [3.05, 3.63) is 64.7 Å². The molecule has 0 radical (unpaired) electrons. The second-order valence-electron chi connectivity index (χ2n) is 6.81. The largest absolute Gasteiger partial charge is 0.325 e. The van der Waals surface area contributed by atoms with E-state index in [-0.39, 0.29) is 25.4 Å². The van der Waals surface area contributed by atoms with Gasteiger partial charge in [0.2, 0.25) is 5.91 Å². The van der Waals surface area contributed by atoms with Gasteiger partial charge in [0.05, 0.1) is 6.54 Å². The molecule has 0 unspecified atom stereocenters. The fourth-order valence-electron chi connectivity index (χ4n) is 3.13. The molecule has 0 bridgehead atoms. The van der Waals surface area contributed by atoms with Crippen LogP contribution in [0.2, 0.25) is 5.02 Å². The van der Waals surface area contributed by atoms with E-state index in [1.165, 1.54) is 11.2 Å². The molecule has 1 aliphatic heterocycles. The Balaban J connectivity index is 1.68. The number of Topliss-reactive ketones (excluding diaryl/α,β-unsaturated/α-hetero) is 1. The van der Waals surface area contributed by atoms with Gasteiger partial charge in [-0.3, -0.25) is 9.59 Å². The van der Waals surface area contributed by atoms with E-state index < -0.39 is 16.1 Å². The van der Waals surface area contributed by atoms with Crippen LogP contribution in [0.25, 0.3) is 0 Å². The SMILES string of the molecule is CC(=O)c1cccc(NC(=O)CN2CCCN(Cc3ccccc3Cl)S2(=O)=O)c1. The third kappa shape index (κ3) is 5.22. The van der Waals surface area contributed by atoms with Gasteiger partial charge in [0.1, 0.15) is 0 Å². The van der Waals surface area contributed by atoms with Gasteiger partial charge in [0.25, 0.3) is 10.2 Å². The minimum absolute atomic E-state index is 0.116. The molecule has 7 nitrogen and oxygen atoms in total. The second kappa shape index (κ2) is 9.04. The lowest BCUT2D eigenvalue weighted by molar-refractivity contribution is -0.116. The molecule has 1 fully saturated rings. The van der Waals surface area contributed by atoms with Crippen molar-refractivity contribution in [2.45, 2.75) is 19.9 Å². The van der Waals surface area contributed by atoms with Crippen LogP contribution in [0.5, 0.6) is 0 Å². The quantitative estimate of drug-likeness (QED) is 0.707. The van der Waals surface area contributed by atoms with Gasteiger partial charge in [-0.2, -0.15) is 17.0 Å². The summed E-state index contributed by atoms with van der Waals surface area (Å²) in [6.45, 7) is 1.93. The lowest BCUT2D eigenvalue weighted by Gasteiger charge is -2.34. The van der Waals surface area contributed by atoms with Gasteiger partial charge in [-0.25, -0.2) is 0 Å². The third-order valence-corrected chi connectivity index (χ3v) is 6.94. The van der Waals surface area contributed by atoms with E-state index in [9.17, 15) is 18.0 Å². The summed E-state index contributed by atoms with van der Waals surface area (Å²) in [6, 6.07) is 13.6. The Labute approximate surface area is 175 Å². The van der Waals surface area contributed by atoms with E-state index in [2.05, 4.69) is 5.32 Å². The van der Waals surface area contributed by atoms with Gasteiger partial charge in [-0.1, -0.05) is 41.9 Å². The van der Waals surface area contributed by atoms with E-state index in [0.29, 0.717) is 34.8 Å². The molecule has 154 valence electrons. The standard InChI is InChI=1S/C20H22ClN3O4S/c1-15(25)16-7-4-8-18(12-16)22-20(26)14-24-11-5-10-23(29(24,27)28)13-17-6-2-3-9-19(17)21/h2-4,6-9,12H,5,10-11,13-14H2,1H3,(H,22,26). The Bertz CT molecular complexity index is 1030. The summed E-state index contributed by atoms with van der Waals surface area (Å²) in [4.78, 5) is 23.9. The third-order valence-electron chi connectivity index (χ3n) is 4.64. The number of carbonyl (C=O) groups excluding carboxylic acids is 2. The van der Waals surface area contributed by atoms with E-state index >= 15 is 0 Å². The lowest BCUT2D eigenvalue weighted by atomic mass is 10.1. The maximum Gasteiger partial charge on any atom is 0.282 e. The molecule has 2 aromatic carbocycles. The molecular formula is C20H22ClN3O4S. The van der Waals surface area contributed by atoms with Gasteiger partial charge in [0.15, 0.2) is 5.78 Å². The number of rotatable bonds is 6. The van der Waals surface area contributed by atoms with E-state index in [4.69, 9.17) is 11.6 Å². The van der Waals surface area contributed by atoms with E-state index in [1.54, 1.807) is 48.5 Å². The molecule has 1 saturated heterocycles. The highest BCUT2D eigenvalue weighted by Crippen LogP contribution is 2.23. The Morgan fingerprint density at radius 3 is 2.52 bits per heavy atom. The Kier molecular flexibility index (Phi) is 6.69. The molecule has 1 amide bonds. The molecule has 0 spiro atoms. The predicted molar refractivity (Wildman–Crippen MR) is 112 cm³/mol. The van der Waals surface area contributed by atoms with Gasteiger partial charge in [0, 0.05) is 35.9 Å². The summed E-state index contributed by atoms with van der Waals surface area (Å²) in [5.41, 5.74) is 1.63. The molecule has 0 aromatic heterocycles. The van der Waals surface area contributed by atoms with Crippen molar-refractivity contribution in [1.82, 2.24) is 8.61 Å². The molecule has 1 aliphatic rings. The van der Waals surface area contributed by atoms with Crippen LogP contribution in [0.4, 0.5) is 5.69 Å². The van der Waals surface area contributed by atoms with Gasteiger partial charge in [-0.15, -0.1) is 0 Å². The van der Waals surface area contributed by atoms with E-state index in [1.807, 2.05) is 0 Å². The summed E-state index contributed by atoms with van der Waals surface area (Å²) < 4.78 is 28.4. The molecule has 3 rings (SSSR count). The number of amides is 1. The van der Waals surface area contributed by atoms with Crippen LogP contribution >= 0.6 is 11.6 Å². The number of ketones is 1. The van der Waals surface area contributed by atoms with Crippen molar-refractivity contribution >= 4 is 39.2 Å². The average Bonchev–Trinajstić information content (AvgIpc) is 2.67.